The second-order valence-corrected chi connectivity index (χ2v) is 5.67. The smallest absolute Gasteiger partial charge is 0.268 e. The van der Waals surface area contributed by atoms with Crippen LogP contribution in [0.3, 0.4) is 0 Å². The van der Waals surface area contributed by atoms with Crippen molar-refractivity contribution in [1.82, 2.24) is 9.97 Å². The number of aromatic amines is 1. The van der Waals surface area contributed by atoms with Crippen LogP contribution in [0.5, 0.6) is 5.75 Å². The molecule has 108 valence electrons. The summed E-state index contributed by atoms with van der Waals surface area (Å²) >= 11 is 7.36. The molecule has 0 amide bonds. The molecule has 3 rings (SSSR count). The summed E-state index contributed by atoms with van der Waals surface area (Å²) in [5.41, 5.74) is 1.44. The van der Waals surface area contributed by atoms with E-state index in [0.717, 1.165) is 5.69 Å². The number of benzene rings is 1. The van der Waals surface area contributed by atoms with Crippen LogP contribution in [0.1, 0.15) is 5.82 Å². The van der Waals surface area contributed by atoms with Crippen LogP contribution in [0.25, 0.3) is 10.2 Å². The van der Waals surface area contributed by atoms with Gasteiger partial charge < -0.3 is 15.0 Å². The molecule has 0 aliphatic carbocycles. The third kappa shape index (κ3) is 2.86. The van der Waals surface area contributed by atoms with E-state index in [-0.39, 0.29) is 5.56 Å². The van der Waals surface area contributed by atoms with Gasteiger partial charge in [0.05, 0.1) is 24.2 Å². The van der Waals surface area contributed by atoms with Gasteiger partial charge in [0.15, 0.2) is 0 Å². The first-order chi connectivity index (χ1) is 10.2. The van der Waals surface area contributed by atoms with Gasteiger partial charge >= 0.3 is 0 Å². The second kappa shape index (κ2) is 5.75. The minimum Gasteiger partial charge on any atom is -0.495 e. The first-order valence-electron chi connectivity index (χ1n) is 6.21. The Balaban J connectivity index is 1.81. The summed E-state index contributed by atoms with van der Waals surface area (Å²) in [6.07, 6.45) is 0. The fourth-order valence-electron chi connectivity index (χ4n) is 1.96. The summed E-state index contributed by atoms with van der Waals surface area (Å²) < 4.78 is 5.81. The van der Waals surface area contributed by atoms with E-state index in [0.29, 0.717) is 33.4 Å². The van der Waals surface area contributed by atoms with E-state index in [1.54, 1.807) is 19.2 Å². The highest BCUT2D eigenvalue weighted by molar-refractivity contribution is 7.17. The maximum absolute atomic E-state index is 11.9. The Morgan fingerprint density at radius 3 is 3.10 bits per heavy atom. The zero-order valence-electron chi connectivity index (χ0n) is 11.1. The van der Waals surface area contributed by atoms with Crippen LogP contribution >= 0.6 is 22.9 Å². The Kier molecular flexibility index (Phi) is 3.81. The molecule has 7 heteroatoms. The van der Waals surface area contributed by atoms with E-state index >= 15 is 0 Å². The van der Waals surface area contributed by atoms with Gasteiger partial charge in [-0.2, -0.15) is 0 Å². The fraction of sp³-hybridized carbons (Fsp3) is 0.143. The summed E-state index contributed by atoms with van der Waals surface area (Å²) in [5, 5.41) is 5.58. The van der Waals surface area contributed by atoms with E-state index < -0.39 is 0 Å². The Morgan fingerprint density at radius 1 is 1.43 bits per heavy atom. The van der Waals surface area contributed by atoms with Crippen molar-refractivity contribution in [1.29, 1.82) is 0 Å². The predicted octanol–water partition coefficient (Wildman–Crippen LogP) is 3.26. The number of hydrogen-bond acceptors (Lipinski definition) is 5. The molecule has 0 fully saturated rings. The lowest BCUT2D eigenvalue weighted by atomic mass is 10.3. The van der Waals surface area contributed by atoms with Crippen LogP contribution in [-0.2, 0) is 6.54 Å². The summed E-state index contributed by atoms with van der Waals surface area (Å²) in [7, 11) is 1.56. The van der Waals surface area contributed by atoms with Gasteiger partial charge in [0.25, 0.3) is 5.56 Å². The molecular formula is C14H12ClN3O2S. The summed E-state index contributed by atoms with van der Waals surface area (Å²) in [5.74, 6) is 1.18. The Labute approximate surface area is 129 Å². The fourth-order valence-corrected chi connectivity index (χ4v) is 2.88. The van der Waals surface area contributed by atoms with Crippen molar-refractivity contribution in [2.75, 3.05) is 12.4 Å². The van der Waals surface area contributed by atoms with E-state index in [1.807, 2.05) is 17.5 Å². The highest BCUT2D eigenvalue weighted by Crippen LogP contribution is 2.27. The van der Waals surface area contributed by atoms with Crippen molar-refractivity contribution in [3.05, 3.63) is 50.8 Å². The minimum atomic E-state index is -0.111. The molecule has 2 N–H and O–H groups in total. The Hall–Kier alpha value is -2.05. The predicted molar refractivity (Wildman–Crippen MR) is 85.6 cm³/mol. The highest BCUT2D eigenvalue weighted by atomic mass is 35.5. The number of nitrogens with one attached hydrogen (secondary N) is 2. The standard InChI is InChI=1S/C14H12ClN3O2S/c1-20-11-6-8(2-3-9(11)15)16-7-12-17-10-4-5-21-13(10)14(19)18-12/h2-6,16H,7H2,1H3,(H,17,18,19). The number of fused-ring (bicyclic) bond motifs is 1. The topological polar surface area (TPSA) is 67.0 Å². The number of hydrogen-bond donors (Lipinski definition) is 2. The van der Waals surface area contributed by atoms with E-state index in [4.69, 9.17) is 16.3 Å². The maximum atomic E-state index is 11.9. The summed E-state index contributed by atoms with van der Waals surface area (Å²) in [4.78, 5) is 19.0. The van der Waals surface area contributed by atoms with Crippen LogP contribution in [0.15, 0.2) is 34.4 Å². The number of rotatable bonds is 4. The number of ether oxygens (including phenoxy) is 1. The molecule has 0 unspecified atom stereocenters. The Bertz CT molecular complexity index is 844. The molecule has 0 aliphatic heterocycles. The molecule has 0 radical (unpaired) electrons. The van der Waals surface area contributed by atoms with Gasteiger partial charge in [-0.15, -0.1) is 11.3 Å². The molecule has 0 saturated heterocycles. The number of thiophene rings is 1. The Morgan fingerprint density at radius 2 is 2.29 bits per heavy atom. The van der Waals surface area contributed by atoms with E-state index in [2.05, 4.69) is 15.3 Å². The van der Waals surface area contributed by atoms with Gasteiger partial charge in [0, 0.05) is 11.8 Å². The molecule has 5 nitrogen and oxygen atoms in total. The lowest BCUT2D eigenvalue weighted by Crippen LogP contribution is -2.13. The van der Waals surface area contributed by atoms with E-state index in [1.165, 1.54) is 11.3 Å². The van der Waals surface area contributed by atoms with Crippen molar-refractivity contribution < 1.29 is 4.74 Å². The monoisotopic (exact) mass is 321 g/mol. The van der Waals surface area contributed by atoms with Gasteiger partial charge in [0.1, 0.15) is 16.3 Å². The van der Waals surface area contributed by atoms with Crippen molar-refractivity contribution in [2.24, 2.45) is 0 Å². The van der Waals surface area contributed by atoms with Crippen LogP contribution in [-0.4, -0.2) is 17.1 Å². The molecule has 2 aromatic heterocycles. The van der Waals surface area contributed by atoms with Gasteiger partial charge in [-0.1, -0.05) is 11.6 Å². The average Bonchev–Trinajstić information content (AvgIpc) is 2.95. The largest absolute Gasteiger partial charge is 0.495 e. The van der Waals surface area contributed by atoms with Gasteiger partial charge in [-0.05, 0) is 23.6 Å². The molecule has 1 aromatic carbocycles. The minimum absolute atomic E-state index is 0.111. The number of methoxy groups -OCH3 is 1. The SMILES string of the molecule is COc1cc(NCc2nc3ccsc3c(=O)[nH]2)ccc1Cl. The number of nitrogens with zero attached hydrogens (tertiary/aromatic N) is 1. The molecule has 3 aromatic rings. The average molecular weight is 322 g/mol. The molecule has 0 aliphatic rings. The molecule has 0 spiro atoms. The molecule has 0 bridgehead atoms. The number of aromatic nitrogens is 2. The molecule has 21 heavy (non-hydrogen) atoms. The zero-order chi connectivity index (χ0) is 14.8. The molecule has 2 heterocycles. The molecule has 0 atom stereocenters. The van der Waals surface area contributed by atoms with Crippen molar-refractivity contribution in [3.8, 4) is 5.75 Å². The van der Waals surface area contributed by atoms with Gasteiger partial charge in [-0.3, -0.25) is 4.79 Å². The second-order valence-electron chi connectivity index (χ2n) is 4.35. The lowest BCUT2D eigenvalue weighted by Gasteiger charge is -2.09. The van der Waals surface area contributed by atoms with Crippen LogP contribution < -0.4 is 15.6 Å². The quantitative estimate of drug-likeness (QED) is 0.774. The van der Waals surface area contributed by atoms with Crippen LogP contribution in [0.4, 0.5) is 5.69 Å². The van der Waals surface area contributed by atoms with Crippen molar-refractivity contribution in [2.45, 2.75) is 6.54 Å². The van der Waals surface area contributed by atoms with Crippen LogP contribution in [0.2, 0.25) is 5.02 Å². The normalized spacial score (nSPS) is 10.8. The third-order valence-electron chi connectivity index (χ3n) is 2.97. The third-order valence-corrected chi connectivity index (χ3v) is 4.19. The number of halogens is 1. The van der Waals surface area contributed by atoms with Gasteiger partial charge in [0.2, 0.25) is 0 Å². The molecular weight excluding hydrogens is 310 g/mol. The lowest BCUT2D eigenvalue weighted by molar-refractivity contribution is 0.415. The summed E-state index contributed by atoms with van der Waals surface area (Å²) in [6.45, 7) is 0.409. The van der Waals surface area contributed by atoms with Crippen molar-refractivity contribution in [3.63, 3.8) is 0 Å². The van der Waals surface area contributed by atoms with Gasteiger partial charge in [-0.25, -0.2) is 4.98 Å². The maximum Gasteiger partial charge on any atom is 0.268 e. The van der Waals surface area contributed by atoms with Crippen LogP contribution in [0, 0.1) is 0 Å². The number of anilines is 1. The highest BCUT2D eigenvalue weighted by Gasteiger charge is 2.06. The summed E-state index contributed by atoms with van der Waals surface area (Å²) in [6, 6.07) is 7.22. The number of H-pyrrole nitrogens is 1. The molecule has 0 saturated carbocycles. The first kappa shape index (κ1) is 13.9. The van der Waals surface area contributed by atoms with Crippen molar-refractivity contribution >= 4 is 38.8 Å². The zero-order valence-corrected chi connectivity index (χ0v) is 12.7. The first-order valence-corrected chi connectivity index (χ1v) is 7.47. The van der Waals surface area contributed by atoms with E-state index in [9.17, 15) is 4.79 Å².